The molecule has 0 aromatic heterocycles. The van der Waals surface area contributed by atoms with E-state index in [0.717, 1.165) is 19.5 Å². The SMILES string of the molecule is NCCC1CSCC[N]1. The summed E-state index contributed by atoms with van der Waals surface area (Å²) in [7, 11) is 0. The Labute approximate surface area is 60.6 Å². The Morgan fingerprint density at radius 2 is 2.56 bits per heavy atom. The third kappa shape index (κ3) is 2.56. The zero-order valence-corrected chi connectivity index (χ0v) is 6.36. The van der Waals surface area contributed by atoms with Crippen molar-refractivity contribution in [2.24, 2.45) is 5.73 Å². The molecule has 0 bridgehead atoms. The molecule has 1 fully saturated rings. The van der Waals surface area contributed by atoms with Gasteiger partial charge in [-0.05, 0) is 13.0 Å². The Hall–Kier alpha value is 0.270. The molecule has 0 saturated carbocycles. The van der Waals surface area contributed by atoms with Gasteiger partial charge in [0.15, 0.2) is 0 Å². The van der Waals surface area contributed by atoms with Gasteiger partial charge in [-0.15, -0.1) is 0 Å². The van der Waals surface area contributed by atoms with Crippen molar-refractivity contribution in [1.29, 1.82) is 0 Å². The van der Waals surface area contributed by atoms with E-state index in [1.165, 1.54) is 11.5 Å². The molecular formula is C6H13N2S. The number of hydrogen-bond acceptors (Lipinski definition) is 2. The van der Waals surface area contributed by atoms with Crippen LogP contribution in [0.2, 0.25) is 0 Å². The highest BCUT2D eigenvalue weighted by molar-refractivity contribution is 7.99. The van der Waals surface area contributed by atoms with Crippen molar-refractivity contribution in [3.63, 3.8) is 0 Å². The number of nitrogens with zero attached hydrogens (tertiary/aromatic N) is 1. The Morgan fingerprint density at radius 1 is 1.67 bits per heavy atom. The highest BCUT2D eigenvalue weighted by Gasteiger charge is 2.11. The summed E-state index contributed by atoms with van der Waals surface area (Å²) in [6, 6.07) is 0.564. The molecule has 0 amide bonds. The van der Waals surface area contributed by atoms with Crippen LogP contribution in [-0.4, -0.2) is 30.6 Å². The van der Waals surface area contributed by atoms with Gasteiger partial charge in [0.1, 0.15) is 0 Å². The van der Waals surface area contributed by atoms with Crippen molar-refractivity contribution >= 4 is 11.8 Å². The average molecular weight is 145 g/mol. The number of hydrogen-bond donors (Lipinski definition) is 1. The highest BCUT2D eigenvalue weighted by atomic mass is 32.2. The molecule has 1 saturated heterocycles. The third-order valence-corrected chi connectivity index (χ3v) is 2.52. The van der Waals surface area contributed by atoms with Crippen LogP contribution in [0.15, 0.2) is 0 Å². The standard InChI is InChI=1S/C6H13N2S/c7-2-1-6-5-9-4-3-8-6/h6H,1-5,7H2. The lowest BCUT2D eigenvalue weighted by atomic mass is 10.2. The summed E-state index contributed by atoms with van der Waals surface area (Å²) < 4.78 is 0. The van der Waals surface area contributed by atoms with Crippen molar-refractivity contribution in [2.45, 2.75) is 12.5 Å². The van der Waals surface area contributed by atoms with E-state index in [9.17, 15) is 0 Å². The minimum absolute atomic E-state index is 0.564. The van der Waals surface area contributed by atoms with Crippen LogP contribution in [0.25, 0.3) is 0 Å². The number of thioether (sulfide) groups is 1. The van der Waals surface area contributed by atoms with Crippen molar-refractivity contribution in [3.8, 4) is 0 Å². The number of nitrogens with two attached hydrogens (primary N) is 1. The summed E-state index contributed by atoms with van der Waals surface area (Å²) >= 11 is 1.99. The van der Waals surface area contributed by atoms with Crippen molar-refractivity contribution in [2.75, 3.05) is 24.6 Å². The Bertz CT molecular complexity index is 68.7. The minimum Gasteiger partial charge on any atom is -0.330 e. The van der Waals surface area contributed by atoms with Gasteiger partial charge in [0, 0.05) is 24.1 Å². The predicted molar refractivity (Wildman–Crippen MR) is 41.8 cm³/mol. The maximum atomic E-state index is 5.39. The Balaban J connectivity index is 2.08. The van der Waals surface area contributed by atoms with E-state index in [0.29, 0.717) is 6.04 Å². The van der Waals surface area contributed by atoms with Gasteiger partial charge in [0.25, 0.3) is 0 Å². The van der Waals surface area contributed by atoms with Crippen LogP contribution in [0.5, 0.6) is 0 Å². The second-order valence-electron chi connectivity index (χ2n) is 2.21. The molecule has 1 atom stereocenters. The quantitative estimate of drug-likeness (QED) is 0.596. The fourth-order valence-electron chi connectivity index (χ4n) is 0.939. The minimum atomic E-state index is 0.564. The summed E-state index contributed by atoms with van der Waals surface area (Å²) in [5.41, 5.74) is 5.39. The van der Waals surface area contributed by atoms with Gasteiger partial charge in [0.2, 0.25) is 0 Å². The molecule has 0 aromatic carbocycles. The van der Waals surface area contributed by atoms with E-state index in [1.807, 2.05) is 11.8 Å². The van der Waals surface area contributed by atoms with E-state index < -0.39 is 0 Å². The molecule has 1 unspecified atom stereocenters. The maximum Gasteiger partial charge on any atom is 0.0348 e. The van der Waals surface area contributed by atoms with E-state index >= 15 is 0 Å². The van der Waals surface area contributed by atoms with Gasteiger partial charge in [-0.3, -0.25) is 0 Å². The van der Waals surface area contributed by atoms with Crippen LogP contribution in [0, 0.1) is 0 Å². The van der Waals surface area contributed by atoms with Gasteiger partial charge < -0.3 is 5.73 Å². The first-order chi connectivity index (χ1) is 4.43. The van der Waals surface area contributed by atoms with Crippen LogP contribution in [-0.2, 0) is 0 Å². The summed E-state index contributed by atoms with van der Waals surface area (Å²) in [4.78, 5) is 0. The predicted octanol–water partition coefficient (Wildman–Crippen LogP) is 0.0550. The summed E-state index contributed by atoms with van der Waals surface area (Å²) in [5, 5.41) is 4.42. The first kappa shape index (κ1) is 7.38. The van der Waals surface area contributed by atoms with Gasteiger partial charge in [0.05, 0.1) is 0 Å². The monoisotopic (exact) mass is 145 g/mol. The molecule has 53 valence electrons. The lowest BCUT2D eigenvalue weighted by Gasteiger charge is -2.19. The van der Waals surface area contributed by atoms with E-state index in [-0.39, 0.29) is 0 Å². The van der Waals surface area contributed by atoms with Gasteiger partial charge in [-0.1, -0.05) is 0 Å². The molecular weight excluding hydrogens is 132 g/mol. The first-order valence-electron chi connectivity index (χ1n) is 3.38. The molecule has 0 aromatic rings. The normalized spacial score (nSPS) is 28.3. The van der Waals surface area contributed by atoms with E-state index in [2.05, 4.69) is 5.32 Å². The fraction of sp³-hybridized carbons (Fsp3) is 1.00. The molecule has 3 heteroatoms. The topological polar surface area (TPSA) is 40.1 Å². The maximum absolute atomic E-state index is 5.39. The molecule has 9 heavy (non-hydrogen) atoms. The van der Waals surface area contributed by atoms with Crippen molar-refractivity contribution in [1.82, 2.24) is 5.32 Å². The lowest BCUT2D eigenvalue weighted by molar-refractivity contribution is 0.524. The zero-order valence-electron chi connectivity index (χ0n) is 5.55. The van der Waals surface area contributed by atoms with Crippen LogP contribution in [0.1, 0.15) is 6.42 Å². The fourth-order valence-corrected chi connectivity index (χ4v) is 1.88. The Morgan fingerprint density at radius 3 is 3.11 bits per heavy atom. The van der Waals surface area contributed by atoms with Gasteiger partial charge in [-0.2, -0.15) is 11.8 Å². The molecule has 1 heterocycles. The second kappa shape index (κ2) is 4.14. The molecule has 0 aliphatic carbocycles. The van der Waals surface area contributed by atoms with Crippen LogP contribution in [0.4, 0.5) is 0 Å². The van der Waals surface area contributed by atoms with E-state index in [4.69, 9.17) is 5.73 Å². The molecule has 1 radical (unpaired) electrons. The Kier molecular flexibility index (Phi) is 3.40. The van der Waals surface area contributed by atoms with Crippen LogP contribution in [0.3, 0.4) is 0 Å². The molecule has 2 N–H and O–H groups in total. The van der Waals surface area contributed by atoms with Crippen LogP contribution < -0.4 is 11.1 Å². The molecule has 2 nitrogen and oxygen atoms in total. The van der Waals surface area contributed by atoms with Crippen molar-refractivity contribution in [3.05, 3.63) is 0 Å². The van der Waals surface area contributed by atoms with E-state index in [1.54, 1.807) is 0 Å². The van der Waals surface area contributed by atoms with Gasteiger partial charge in [-0.25, -0.2) is 5.32 Å². The first-order valence-corrected chi connectivity index (χ1v) is 4.53. The zero-order chi connectivity index (χ0) is 6.53. The molecule has 1 aliphatic heterocycles. The third-order valence-electron chi connectivity index (χ3n) is 1.43. The number of rotatable bonds is 2. The largest absolute Gasteiger partial charge is 0.330 e. The highest BCUT2D eigenvalue weighted by Crippen LogP contribution is 2.10. The van der Waals surface area contributed by atoms with Crippen LogP contribution >= 0.6 is 11.8 Å². The summed E-state index contributed by atoms with van der Waals surface area (Å²) in [6.45, 7) is 1.82. The molecule has 1 aliphatic rings. The average Bonchev–Trinajstić information content (AvgIpc) is 1.91. The summed E-state index contributed by atoms with van der Waals surface area (Å²) in [6.07, 6.45) is 1.08. The summed E-state index contributed by atoms with van der Waals surface area (Å²) in [5.74, 6) is 2.40. The second-order valence-corrected chi connectivity index (χ2v) is 3.36. The van der Waals surface area contributed by atoms with Crippen molar-refractivity contribution < 1.29 is 0 Å². The smallest absolute Gasteiger partial charge is 0.0348 e. The molecule has 0 spiro atoms. The van der Waals surface area contributed by atoms with Gasteiger partial charge >= 0.3 is 0 Å². The lowest BCUT2D eigenvalue weighted by Crippen LogP contribution is -2.33. The molecule has 1 rings (SSSR count).